The van der Waals surface area contributed by atoms with Gasteiger partial charge in [0.25, 0.3) is 5.91 Å². The Morgan fingerprint density at radius 1 is 1.25 bits per heavy atom. The molecule has 2 fully saturated rings. The SMILES string of the molecule is COc1ccc2sc(C3CCN([N@@+]45C=CC=C4C=C(C(=O)N4CCSC4)C5)CC3)nc2c1. The molecule has 0 aliphatic carbocycles. The molecule has 0 bridgehead atoms. The fourth-order valence-electron chi connectivity index (χ4n) is 5.25. The minimum Gasteiger partial charge on any atom is -0.497 e. The van der Waals surface area contributed by atoms with E-state index in [9.17, 15) is 4.79 Å². The summed E-state index contributed by atoms with van der Waals surface area (Å²) in [7, 11) is 1.70. The number of allylic oxidation sites excluding steroid dienone is 3. The van der Waals surface area contributed by atoms with Gasteiger partial charge in [0, 0.05) is 49.5 Å². The van der Waals surface area contributed by atoms with E-state index in [1.54, 1.807) is 7.11 Å². The first-order chi connectivity index (χ1) is 15.7. The van der Waals surface area contributed by atoms with Crippen LogP contribution in [0.2, 0.25) is 0 Å². The van der Waals surface area contributed by atoms with Gasteiger partial charge >= 0.3 is 0 Å². The number of ether oxygens (including phenoxy) is 1. The zero-order valence-electron chi connectivity index (χ0n) is 18.2. The number of quaternary nitrogens is 1. The lowest BCUT2D eigenvalue weighted by Crippen LogP contribution is -2.56. The molecule has 2 saturated heterocycles. The zero-order chi connectivity index (χ0) is 21.7. The quantitative estimate of drug-likeness (QED) is 0.634. The molecule has 0 unspecified atom stereocenters. The summed E-state index contributed by atoms with van der Waals surface area (Å²) in [5.41, 5.74) is 3.21. The Morgan fingerprint density at radius 2 is 2.12 bits per heavy atom. The fourth-order valence-corrected chi connectivity index (χ4v) is 7.31. The number of aromatic nitrogens is 1. The number of rotatable bonds is 4. The van der Waals surface area contributed by atoms with Crippen LogP contribution in [0.15, 0.2) is 53.9 Å². The third-order valence-electron chi connectivity index (χ3n) is 7.03. The highest BCUT2D eigenvalue weighted by molar-refractivity contribution is 7.99. The molecular weight excluding hydrogens is 440 g/mol. The molecule has 1 amide bonds. The van der Waals surface area contributed by atoms with Gasteiger partial charge in [-0.3, -0.25) is 4.79 Å². The van der Waals surface area contributed by atoms with Crippen molar-refractivity contribution in [2.45, 2.75) is 18.8 Å². The number of hydrogen-bond acceptors (Lipinski definition) is 6. The summed E-state index contributed by atoms with van der Waals surface area (Å²) in [6.45, 7) is 3.62. The van der Waals surface area contributed by atoms with E-state index >= 15 is 0 Å². The number of thioether (sulfide) groups is 1. The summed E-state index contributed by atoms with van der Waals surface area (Å²) in [6.07, 6.45) is 10.9. The molecule has 4 aliphatic heterocycles. The van der Waals surface area contributed by atoms with Crippen molar-refractivity contribution in [2.75, 3.05) is 44.9 Å². The number of fused-ring (bicyclic) bond motifs is 2. The first kappa shape index (κ1) is 20.5. The van der Waals surface area contributed by atoms with Crippen molar-refractivity contribution in [3.05, 3.63) is 58.9 Å². The van der Waals surface area contributed by atoms with Crippen LogP contribution in [0.4, 0.5) is 0 Å². The maximum absolute atomic E-state index is 13.0. The number of nitrogens with zero attached hydrogens (tertiary/aromatic N) is 4. The summed E-state index contributed by atoms with van der Waals surface area (Å²) in [6, 6.07) is 6.15. The molecule has 0 radical (unpaired) electrons. The summed E-state index contributed by atoms with van der Waals surface area (Å²) in [5, 5.41) is 3.78. The minimum absolute atomic E-state index is 0.219. The summed E-state index contributed by atoms with van der Waals surface area (Å²) < 4.78 is 7.27. The lowest BCUT2D eigenvalue weighted by molar-refractivity contribution is -0.949. The first-order valence-corrected chi connectivity index (χ1v) is 13.2. The predicted molar refractivity (Wildman–Crippen MR) is 129 cm³/mol. The third-order valence-corrected chi connectivity index (χ3v) is 9.20. The average molecular weight is 468 g/mol. The Hall–Kier alpha value is -2.13. The van der Waals surface area contributed by atoms with Gasteiger partial charge in [-0.1, -0.05) is 0 Å². The number of thiazole rings is 1. The van der Waals surface area contributed by atoms with Crippen LogP contribution in [-0.2, 0) is 4.79 Å². The first-order valence-electron chi connectivity index (χ1n) is 11.2. The van der Waals surface area contributed by atoms with Crippen molar-refractivity contribution in [1.82, 2.24) is 14.9 Å². The van der Waals surface area contributed by atoms with Gasteiger partial charge in [0.15, 0.2) is 5.70 Å². The summed E-state index contributed by atoms with van der Waals surface area (Å²) >= 11 is 3.66. The Kier molecular flexibility index (Phi) is 5.13. The lowest BCUT2D eigenvalue weighted by atomic mass is 9.98. The second-order valence-electron chi connectivity index (χ2n) is 8.81. The van der Waals surface area contributed by atoms with E-state index < -0.39 is 0 Å². The maximum atomic E-state index is 13.0. The largest absolute Gasteiger partial charge is 0.497 e. The molecule has 2 aromatic rings. The number of benzene rings is 1. The van der Waals surface area contributed by atoms with Crippen LogP contribution in [-0.4, -0.2) is 70.3 Å². The topological polar surface area (TPSA) is 45.7 Å². The monoisotopic (exact) mass is 467 g/mol. The number of amides is 1. The molecule has 0 N–H and O–H groups in total. The van der Waals surface area contributed by atoms with Crippen LogP contribution in [0.3, 0.4) is 0 Å². The van der Waals surface area contributed by atoms with E-state index in [0.29, 0.717) is 10.5 Å². The van der Waals surface area contributed by atoms with Crippen LogP contribution in [0.1, 0.15) is 23.8 Å². The van der Waals surface area contributed by atoms with Crippen molar-refractivity contribution in [1.29, 1.82) is 0 Å². The third kappa shape index (κ3) is 3.32. The molecule has 166 valence electrons. The van der Waals surface area contributed by atoms with Gasteiger partial charge in [-0.2, -0.15) is 4.59 Å². The van der Waals surface area contributed by atoms with E-state index in [4.69, 9.17) is 9.72 Å². The van der Waals surface area contributed by atoms with Gasteiger partial charge in [0.1, 0.15) is 18.5 Å². The molecule has 4 aliphatic rings. The van der Waals surface area contributed by atoms with E-state index in [0.717, 1.165) is 67.5 Å². The molecule has 6 rings (SSSR count). The number of hydrogen-bond donors (Lipinski definition) is 0. The molecular formula is C24H27N4O2S2+. The van der Waals surface area contributed by atoms with E-state index in [1.165, 1.54) is 15.4 Å². The van der Waals surface area contributed by atoms with Crippen molar-refractivity contribution in [2.24, 2.45) is 0 Å². The van der Waals surface area contributed by atoms with E-state index in [2.05, 4.69) is 35.5 Å². The number of piperidine rings is 1. The minimum atomic E-state index is 0.219. The molecule has 1 aromatic heterocycles. The predicted octanol–water partition coefficient (Wildman–Crippen LogP) is 4.10. The number of carbonyl (C=O) groups is 1. The van der Waals surface area contributed by atoms with Crippen molar-refractivity contribution in [3.8, 4) is 5.75 Å². The molecule has 32 heavy (non-hydrogen) atoms. The second kappa shape index (κ2) is 8.02. The molecule has 0 spiro atoms. The van der Waals surface area contributed by atoms with Crippen LogP contribution in [0.5, 0.6) is 5.75 Å². The normalized spacial score (nSPS) is 26.0. The van der Waals surface area contributed by atoms with Gasteiger partial charge < -0.3 is 9.64 Å². The van der Waals surface area contributed by atoms with Gasteiger partial charge in [0.2, 0.25) is 0 Å². The van der Waals surface area contributed by atoms with Gasteiger partial charge in [-0.15, -0.1) is 28.1 Å². The van der Waals surface area contributed by atoms with Crippen LogP contribution in [0.25, 0.3) is 10.2 Å². The van der Waals surface area contributed by atoms with Crippen molar-refractivity contribution >= 4 is 39.2 Å². The molecule has 6 nitrogen and oxygen atoms in total. The molecule has 1 aromatic carbocycles. The summed E-state index contributed by atoms with van der Waals surface area (Å²) in [5.74, 6) is 3.44. The Bertz CT molecular complexity index is 1160. The van der Waals surface area contributed by atoms with Crippen LogP contribution in [0, 0.1) is 0 Å². The number of carbonyl (C=O) groups excluding carboxylic acids is 1. The highest BCUT2D eigenvalue weighted by atomic mass is 32.2. The van der Waals surface area contributed by atoms with Crippen LogP contribution < -0.4 is 4.74 Å². The fraction of sp³-hybridized carbons (Fsp3) is 0.417. The highest BCUT2D eigenvalue weighted by Crippen LogP contribution is 2.41. The Labute approximate surface area is 196 Å². The molecule has 1 atom stereocenters. The lowest BCUT2D eigenvalue weighted by Gasteiger charge is -2.42. The van der Waals surface area contributed by atoms with Gasteiger partial charge in [-0.05, 0) is 31.1 Å². The standard InChI is InChI=1S/C24H27N4O2S2/c1-30-20-4-5-22-21(14-20)25-23(32-22)17-6-8-27(9-7-17)28-11-2-3-19(28)13-18(15-28)24(29)26-10-12-31-16-26/h2-5,11,13-14,17H,6-10,12,15-16H2,1H3/q+1/t28-/m1/s1. The zero-order valence-corrected chi connectivity index (χ0v) is 19.8. The molecule has 8 heteroatoms. The Balaban J connectivity index is 1.16. The Morgan fingerprint density at radius 3 is 2.91 bits per heavy atom. The van der Waals surface area contributed by atoms with Crippen molar-refractivity contribution < 1.29 is 14.1 Å². The summed E-state index contributed by atoms with van der Waals surface area (Å²) in [4.78, 5) is 20.0. The highest BCUT2D eigenvalue weighted by Gasteiger charge is 2.48. The maximum Gasteiger partial charge on any atom is 0.256 e. The van der Waals surface area contributed by atoms with Crippen LogP contribution >= 0.6 is 23.1 Å². The molecule has 5 heterocycles. The average Bonchev–Trinajstić information content (AvgIpc) is 3.61. The van der Waals surface area contributed by atoms with E-state index in [-0.39, 0.29) is 5.91 Å². The smallest absolute Gasteiger partial charge is 0.256 e. The van der Waals surface area contributed by atoms with Gasteiger partial charge in [-0.25, -0.2) is 4.98 Å². The van der Waals surface area contributed by atoms with Crippen molar-refractivity contribution in [3.63, 3.8) is 0 Å². The van der Waals surface area contributed by atoms with E-state index in [1.807, 2.05) is 40.1 Å². The molecule has 0 saturated carbocycles. The number of methoxy groups -OCH3 is 1. The second-order valence-corrected chi connectivity index (χ2v) is 10.9. The van der Waals surface area contributed by atoms with Gasteiger partial charge in [0.05, 0.1) is 33.8 Å².